The van der Waals surface area contributed by atoms with Crippen LogP contribution in [0.2, 0.25) is 0 Å². The van der Waals surface area contributed by atoms with E-state index in [0.717, 1.165) is 25.7 Å². The van der Waals surface area contributed by atoms with Crippen LogP contribution in [-0.4, -0.2) is 41.5 Å². The standard InChI is InChI=1S/C37H77N3O2/c1-3-5-7-9-11-13-15-17-19-21-23-25-27-29-31-35(41)33-39-37(38)40-34-36(42)32-30-28-26-24-22-20-18-16-14-12-10-8-6-4-2/h35-36,41-42H,3-34H2,1-2H3,(H3,38,39,40). The lowest BCUT2D eigenvalue weighted by atomic mass is 10.0. The number of unbranched alkanes of at least 4 members (excludes halogenated alkanes) is 26. The van der Waals surface area contributed by atoms with Crippen molar-refractivity contribution in [1.82, 2.24) is 5.32 Å². The quantitative estimate of drug-likeness (QED) is 0.0338. The Morgan fingerprint density at radius 3 is 1.10 bits per heavy atom. The van der Waals surface area contributed by atoms with Crippen LogP contribution in [0.25, 0.3) is 0 Å². The Balaban J connectivity index is 3.45. The Kier molecular flexibility index (Phi) is 34.0. The summed E-state index contributed by atoms with van der Waals surface area (Å²) in [4.78, 5) is 4.28. The van der Waals surface area contributed by atoms with Crippen molar-refractivity contribution >= 4 is 5.96 Å². The summed E-state index contributed by atoms with van der Waals surface area (Å²) in [5.74, 6) is 0.329. The molecule has 0 radical (unpaired) electrons. The minimum absolute atomic E-state index is 0.329. The van der Waals surface area contributed by atoms with E-state index in [1.165, 1.54) is 167 Å². The number of nitrogens with one attached hydrogen (secondary N) is 1. The summed E-state index contributed by atoms with van der Waals surface area (Å²) >= 11 is 0. The number of hydrogen-bond acceptors (Lipinski definition) is 3. The van der Waals surface area contributed by atoms with Crippen LogP contribution >= 0.6 is 0 Å². The molecule has 42 heavy (non-hydrogen) atoms. The molecule has 0 aliphatic carbocycles. The molecule has 0 rings (SSSR count). The molecule has 0 saturated heterocycles. The van der Waals surface area contributed by atoms with E-state index in [2.05, 4.69) is 24.2 Å². The highest BCUT2D eigenvalue weighted by Gasteiger charge is 2.06. The molecule has 2 atom stereocenters. The molecule has 0 fully saturated rings. The molecule has 252 valence electrons. The van der Waals surface area contributed by atoms with Crippen molar-refractivity contribution in [3.8, 4) is 0 Å². The molecule has 5 nitrogen and oxygen atoms in total. The van der Waals surface area contributed by atoms with Gasteiger partial charge in [0.15, 0.2) is 5.96 Å². The van der Waals surface area contributed by atoms with Crippen LogP contribution in [0.3, 0.4) is 0 Å². The van der Waals surface area contributed by atoms with Crippen molar-refractivity contribution in [2.24, 2.45) is 10.7 Å². The third-order valence-corrected chi connectivity index (χ3v) is 8.77. The van der Waals surface area contributed by atoms with Crippen LogP contribution in [0.1, 0.15) is 206 Å². The average molecular weight is 596 g/mol. The van der Waals surface area contributed by atoms with Crippen LogP contribution in [0.4, 0.5) is 0 Å². The highest BCUT2D eigenvalue weighted by molar-refractivity contribution is 5.77. The zero-order valence-corrected chi connectivity index (χ0v) is 28.7. The van der Waals surface area contributed by atoms with E-state index in [9.17, 15) is 10.2 Å². The monoisotopic (exact) mass is 596 g/mol. The van der Waals surface area contributed by atoms with E-state index >= 15 is 0 Å². The molecule has 0 amide bonds. The highest BCUT2D eigenvalue weighted by atomic mass is 16.3. The van der Waals surface area contributed by atoms with Gasteiger partial charge in [0.2, 0.25) is 0 Å². The molecule has 0 saturated carbocycles. The summed E-state index contributed by atoms with van der Waals surface area (Å²) in [6.07, 6.45) is 38.5. The molecular formula is C37H77N3O2. The van der Waals surface area contributed by atoms with Crippen molar-refractivity contribution in [3.63, 3.8) is 0 Å². The number of aliphatic imine (C=N–C) groups is 1. The predicted molar refractivity (Wildman–Crippen MR) is 186 cm³/mol. The smallest absolute Gasteiger partial charge is 0.188 e. The second kappa shape index (κ2) is 34.7. The molecule has 5 N–H and O–H groups in total. The summed E-state index contributed by atoms with van der Waals surface area (Å²) in [6.45, 7) is 5.33. The van der Waals surface area contributed by atoms with E-state index in [0.29, 0.717) is 19.0 Å². The van der Waals surface area contributed by atoms with Gasteiger partial charge in [-0.15, -0.1) is 0 Å². The van der Waals surface area contributed by atoms with Gasteiger partial charge < -0.3 is 21.3 Å². The van der Waals surface area contributed by atoms with Gasteiger partial charge in [0, 0.05) is 6.54 Å². The van der Waals surface area contributed by atoms with Crippen LogP contribution in [0.15, 0.2) is 4.99 Å². The maximum atomic E-state index is 10.2. The Morgan fingerprint density at radius 2 is 0.762 bits per heavy atom. The number of hydrogen-bond donors (Lipinski definition) is 4. The molecule has 0 aliphatic heterocycles. The molecule has 0 aromatic carbocycles. The van der Waals surface area contributed by atoms with Crippen LogP contribution in [0.5, 0.6) is 0 Å². The van der Waals surface area contributed by atoms with Gasteiger partial charge in [-0.05, 0) is 12.8 Å². The largest absolute Gasteiger partial charge is 0.391 e. The van der Waals surface area contributed by atoms with Gasteiger partial charge in [0.05, 0.1) is 18.8 Å². The van der Waals surface area contributed by atoms with Crippen molar-refractivity contribution in [3.05, 3.63) is 0 Å². The number of nitrogens with zero attached hydrogens (tertiary/aromatic N) is 1. The fraction of sp³-hybridized carbons (Fsp3) is 0.973. The lowest BCUT2D eigenvalue weighted by Gasteiger charge is -2.13. The third kappa shape index (κ3) is 33.7. The zero-order valence-electron chi connectivity index (χ0n) is 28.7. The molecular weight excluding hydrogens is 518 g/mol. The van der Waals surface area contributed by atoms with E-state index < -0.39 is 12.2 Å². The fourth-order valence-corrected chi connectivity index (χ4v) is 5.82. The van der Waals surface area contributed by atoms with Gasteiger partial charge >= 0.3 is 0 Å². The van der Waals surface area contributed by atoms with Gasteiger partial charge in [0.25, 0.3) is 0 Å². The molecule has 0 bridgehead atoms. The molecule has 2 unspecified atom stereocenters. The SMILES string of the molecule is CCCCCCCCCCCCCCCCC(O)CN=C(N)NCC(O)CCCCCCCCCCCCCCCC. The normalized spacial score (nSPS) is 13.5. The lowest BCUT2D eigenvalue weighted by Crippen LogP contribution is -2.38. The minimum atomic E-state index is -0.428. The number of rotatable bonds is 34. The summed E-state index contributed by atoms with van der Waals surface area (Å²) in [6, 6.07) is 0. The predicted octanol–water partition coefficient (Wildman–Crippen LogP) is 10.4. The first-order valence-electron chi connectivity index (χ1n) is 19.0. The van der Waals surface area contributed by atoms with Crippen LogP contribution in [-0.2, 0) is 0 Å². The minimum Gasteiger partial charge on any atom is -0.391 e. The number of aliphatic hydroxyl groups excluding tert-OH is 2. The van der Waals surface area contributed by atoms with Crippen LogP contribution < -0.4 is 11.1 Å². The third-order valence-electron chi connectivity index (χ3n) is 8.77. The lowest BCUT2D eigenvalue weighted by molar-refractivity contribution is 0.163. The first-order chi connectivity index (χ1) is 20.6. The van der Waals surface area contributed by atoms with Crippen molar-refractivity contribution in [1.29, 1.82) is 0 Å². The second-order valence-electron chi connectivity index (χ2n) is 13.2. The van der Waals surface area contributed by atoms with Crippen molar-refractivity contribution in [2.75, 3.05) is 13.1 Å². The van der Waals surface area contributed by atoms with E-state index in [4.69, 9.17) is 5.73 Å². The van der Waals surface area contributed by atoms with Gasteiger partial charge in [-0.1, -0.05) is 194 Å². The second-order valence-corrected chi connectivity index (χ2v) is 13.2. The maximum Gasteiger partial charge on any atom is 0.188 e. The molecule has 0 aliphatic rings. The van der Waals surface area contributed by atoms with Crippen LogP contribution in [0, 0.1) is 0 Å². The van der Waals surface area contributed by atoms with E-state index in [-0.39, 0.29) is 0 Å². The summed E-state index contributed by atoms with van der Waals surface area (Å²) in [5, 5.41) is 23.5. The molecule has 5 heteroatoms. The van der Waals surface area contributed by atoms with Crippen molar-refractivity contribution < 1.29 is 10.2 Å². The molecule has 0 aromatic heterocycles. The van der Waals surface area contributed by atoms with E-state index in [1.807, 2.05) is 0 Å². The summed E-state index contributed by atoms with van der Waals surface area (Å²) in [5.41, 5.74) is 5.95. The average Bonchev–Trinajstić information content (AvgIpc) is 2.99. The molecule has 0 spiro atoms. The zero-order chi connectivity index (χ0) is 30.8. The molecule has 0 aromatic rings. The number of aliphatic hydroxyl groups is 2. The summed E-state index contributed by atoms with van der Waals surface area (Å²) in [7, 11) is 0. The van der Waals surface area contributed by atoms with Gasteiger partial charge in [-0.25, -0.2) is 0 Å². The number of nitrogens with two attached hydrogens (primary N) is 1. The molecule has 0 heterocycles. The van der Waals surface area contributed by atoms with Gasteiger partial charge in [0.1, 0.15) is 0 Å². The Bertz CT molecular complexity index is 543. The highest BCUT2D eigenvalue weighted by Crippen LogP contribution is 2.15. The summed E-state index contributed by atoms with van der Waals surface area (Å²) < 4.78 is 0. The first kappa shape index (κ1) is 41.2. The Labute approximate surface area is 263 Å². The topological polar surface area (TPSA) is 90.9 Å². The fourth-order valence-electron chi connectivity index (χ4n) is 5.82. The maximum absolute atomic E-state index is 10.2. The van der Waals surface area contributed by atoms with Gasteiger partial charge in [-0.3, -0.25) is 4.99 Å². The van der Waals surface area contributed by atoms with Crippen molar-refractivity contribution in [2.45, 2.75) is 219 Å². The van der Waals surface area contributed by atoms with E-state index in [1.54, 1.807) is 0 Å². The van der Waals surface area contributed by atoms with Gasteiger partial charge in [-0.2, -0.15) is 0 Å². The Hall–Kier alpha value is -0.810. The Morgan fingerprint density at radius 1 is 0.476 bits per heavy atom. The number of guanidine groups is 1. The first-order valence-corrected chi connectivity index (χ1v) is 19.0.